The van der Waals surface area contributed by atoms with Gasteiger partial charge >= 0.3 is 0 Å². The van der Waals surface area contributed by atoms with Gasteiger partial charge in [0, 0.05) is 10.0 Å². The van der Waals surface area contributed by atoms with Crippen molar-refractivity contribution in [2.45, 2.75) is 6.10 Å². The van der Waals surface area contributed by atoms with E-state index in [0.29, 0.717) is 5.56 Å². The van der Waals surface area contributed by atoms with Gasteiger partial charge in [0.1, 0.15) is 0 Å². The van der Waals surface area contributed by atoms with E-state index < -0.39 is 23.1 Å². The maximum absolute atomic E-state index is 12.2. The van der Waals surface area contributed by atoms with E-state index in [1.807, 2.05) is 0 Å². The lowest BCUT2D eigenvalue weighted by Crippen LogP contribution is -2.33. The van der Waals surface area contributed by atoms with Crippen molar-refractivity contribution in [2.24, 2.45) is 0 Å². The number of Topliss-reactive ketones (excluding diaryl/α,β-unsaturated/α-hetero) is 2. The number of rotatable bonds is 1. The molecule has 0 bridgehead atoms. The van der Waals surface area contributed by atoms with Crippen molar-refractivity contribution in [3.8, 4) is 5.75 Å². The van der Waals surface area contributed by atoms with Gasteiger partial charge < -0.3 is 4.74 Å². The molecule has 0 fully saturated rings. The molecule has 1 aliphatic rings. The van der Waals surface area contributed by atoms with Crippen LogP contribution in [-0.2, 0) is 4.79 Å². The number of ether oxygens (including phenoxy) is 1. The van der Waals surface area contributed by atoms with Crippen LogP contribution in [0.15, 0.2) is 57.8 Å². The smallest absolute Gasteiger partial charge is 0.248 e. The Bertz CT molecular complexity index is 796. The number of carbonyl (C=O) groups is 2. The largest absolute Gasteiger partial charge is 0.472 e. The van der Waals surface area contributed by atoms with Crippen molar-refractivity contribution < 1.29 is 14.3 Å². The molecular formula is C16H9BrO4. The first-order valence-electron chi connectivity index (χ1n) is 6.22. The highest BCUT2D eigenvalue weighted by Gasteiger charge is 2.37. The molecule has 4 nitrogen and oxygen atoms in total. The summed E-state index contributed by atoms with van der Waals surface area (Å²) in [6.07, 6.45) is -1.08. The number of halogens is 1. The molecule has 3 rings (SSSR count). The summed E-state index contributed by atoms with van der Waals surface area (Å²) in [4.78, 5) is 36.3. The van der Waals surface area contributed by atoms with Crippen molar-refractivity contribution in [3.63, 3.8) is 0 Å². The number of fused-ring (bicyclic) bond motifs is 1. The Balaban J connectivity index is 2.14. The molecule has 5 heteroatoms. The van der Waals surface area contributed by atoms with Gasteiger partial charge in [0.25, 0.3) is 0 Å². The Hall–Kier alpha value is -2.27. The maximum atomic E-state index is 12.2. The lowest BCUT2D eigenvalue weighted by atomic mass is 9.96. The van der Waals surface area contributed by atoms with Crippen LogP contribution in [0.3, 0.4) is 0 Å². The molecule has 0 aromatic heterocycles. The third-order valence-electron chi connectivity index (χ3n) is 3.21. The molecule has 0 N–H and O–H groups in total. The molecule has 0 saturated carbocycles. The maximum Gasteiger partial charge on any atom is 0.248 e. The van der Waals surface area contributed by atoms with Crippen LogP contribution in [0.25, 0.3) is 0 Å². The average molecular weight is 345 g/mol. The van der Waals surface area contributed by atoms with Gasteiger partial charge in [0.15, 0.2) is 11.9 Å². The third-order valence-corrected chi connectivity index (χ3v) is 3.73. The van der Waals surface area contributed by atoms with Crippen LogP contribution in [0, 0.1) is 0 Å². The monoisotopic (exact) mass is 344 g/mol. The highest BCUT2D eigenvalue weighted by Crippen LogP contribution is 2.30. The first-order chi connectivity index (χ1) is 10.1. The molecule has 1 heterocycles. The highest BCUT2D eigenvalue weighted by atomic mass is 79.9. The summed E-state index contributed by atoms with van der Waals surface area (Å²) in [5, 5.41) is 0. The molecular weight excluding hydrogens is 336 g/mol. The normalized spacial score (nSPS) is 17.1. The minimum absolute atomic E-state index is 0.0170. The fourth-order valence-electron chi connectivity index (χ4n) is 2.16. The Morgan fingerprint density at radius 1 is 0.905 bits per heavy atom. The quantitative estimate of drug-likeness (QED) is 0.746. The van der Waals surface area contributed by atoms with Crippen LogP contribution in [-0.4, -0.2) is 11.6 Å². The minimum atomic E-state index is -1.08. The van der Waals surface area contributed by atoms with Gasteiger partial charge in [-0.1, -0.05) is 40.2 Å². The summed E-state index contributed by atoms with van der Waals surface area (Å²) in [6.45, 7) is 0. The van der Waals surface area contributed by atoms with Crippen molar-refractivity contribution >= 4 is 27.5 Å². The van der Waals surface area contributed by atoms with Crippen molar-refractivity contribution in [2.75, 3.05) is 0 Å². The van der Waals surface area contributed by atoms with Gasteiger partial charge in [0.05, 0.1) is 5.56 Å². The minimum Gasteiger partial charge on any atom is -0.472 e. The van der Waals surface area contributed by atoms with Crippen LogP contribution < -0.4 is 10.2 Å². The number of ketones is 2. The molecule has 1 unspecified atom stereocenters. The molecule has 21 heavy (non-hydrogen) atoms. The van der Waals surface area contributed by atoms with E-state index in [1.165, 1.54) is 24.3 Å². The first-order valence-corrected chi connectivity index (χ1v) is 7.01. The molecule has 0 amide bonds. The van der Waals surface area contributed by atoms with Crippen molar-refractivity contribution in [1.82, 2.24) is 0 Å². The number of hydrogen-bond acceptors (Lipinski definition) is 4. The summed E-state index contributed by atoms with van der Waals surface area (Å²) in [5.41, 5.74) is 0.134. The van der Waals surface area contributed by atoms with Gasteiger partial charge in [-0.25, -0.2) is 0 Å². The van der Waals surface area contributed by atoms with Gasteiger partial charge in [-0.2, -0.15) is 0 Å². The second-order valence-corrected chi connectivity index (χ2v) is 5.48. The lowest BCUT2D eigenvalue weighted by molar-refractivity contribution is -0.122. The Morgan fingerprint density at radius 2 is 1.57 bits per heavy atom. The Kier molecular flexibility index (Phi) is 3.43. The molecule has 104 valence electrons. The molecule has 1 aliphatic heterocycles. The summed E-state index contributed by atoms with van der Waals surface area (Å²) in [5.74, 6) is -1.44. The molecule has 0 aliphatic carbocycles. The zero-order valence-corrected chi connectivity index (χ0v) is 12.3. The van der Waals surface area contributed by atoms with Crippen LogP contribution >= 0.6 is 15.9 Å². The van der Waals surface area contributed by atoms with Crippen LogP contribution in [0.2, 0.25) is 0 Å². The van der Waals surface area contributed by atoms with E-state index in [9.17, 15) is 14.4 Å². The highest BCUT2D eigenvalue weighted by molar-refractivity contribution is 9.10. The second-order valence-electron chi connectivity index (χ2n) is 4.57. The fourth-order valence-corrected chi connectivity index (χ4v) is 2.42. The van der Waals surface area contributed by atoms with E-state index in [2.05, 4.69) is 15.9 Å². The van der Waals surface area contributed by atoms with Crippen molar-refractivity contribution in [1.29, 1.82) is 0 Å². The number of carbonyl (C=O) groups excluding carboxylic acids is 2. The van der Waals surface area contributed by atoms with E-state index in [1.54, 1.807) is 24.3 Å². The van der Waals surface area contributed by atoms with E-state index in [4.69, 9.17) is 4.74 Å². The Labute approximate surface area is 128 Å². The van der Waals surface area contributed by atoms with E-state index in [-0.39, 0.29) is 11.3 Å². The third kappa shape index (κ3) is 2.40. The SMILES string of the molecule is O=C1C(=O)C(c2ccc(Br)cc2)Oc2c1ccccc2=O. The van der Waals surface area contributed by atoms with Crippen LogP contribution in [0.5, 0.6) is 5.75 Å². The zero-order valence-electron chi connectivity index (χ0n) is 10.7. The average Bonchev–Trinajstić information content (AvgIpc) is 2.66. The van der Waals surface area contributed by atoms with Gasteiger partial charge in [-0.15, -0.1) is 0 Å². The number of hydrogen-bond donors (Lipinski definition) is 0. The van der Waals surface area contributed by atoms with Crippen LogP contribution in [0.1, 0.15) is 22.0 Å². The molecule has 0 radical (unpaired) electrons. The predicted molar refractivity (Wildman–Crippen MR) is 79.6 cm³/mol. The summed E-state index contributed by atoms with van der Waals surface area (Å²) >= 11 is 3.30. The topological polar surface area (TPSA) is 60.4 Å². The summed E-state index contributed by atoms with van der Waals surface area (Å²) < 4.78 is 6.38. The first kappa shape index (κ1) is 13.7. The van der Waals surface area contributed by atoms with Gasteiger partial charge in [-0.3, -0.25) is 14.4 Å². The van der Waals surface area contributed by atoms with Crippen LogP contribution in [0.4, 0.5) is 0 Å². The van der Waals surface area contributed by atoms with Gasteiger partial charge in [-0.05, 0) is 24.3 Å². The summed E-state index contributed by atoms with van der Waals surface area (Å²) in [6, 6.07) is 12.6. The second kappa shape index (κ2) is 5.26. The summed E-state index contributed by atoms with van der Waals surface area (Å²) in [7, 11) is 0. The standard InChI is InChI=1S/C16H9BrO4/c17-10-7-5-9(6-8-10)15-14(20)13(19)11-3-1-2-4-12(18)16(11)21-15/h1-8,15H. The van der Waals surface area contributed by atoms with Crippen molar-refractivity contribution in [3.05, 3.63) is 74.4 Å². The number of benzene rings is 1. The molecule has 1 atom stereocenters. The fraction of sp³-hybridized carbons (Fsp3) is 0.0625. The molecule has 2 aromatic rings. The molecule has 0 spiro atoms. The molecule has 2 aromatic carbocycles. The van der Waals surface area contributed by atoms with E-state index in [0.717, 1.165) is 4.47 Å². The lowest BCUT2D eigenvalue weighted by Gasteiger charge is -2.22. The van der Waals surface area contributed by atoms with Gasteiger partial charge in [0.2, 0.25) is 17.0 Å². The zero-order chi connectivity index (χ0) is 15.0. The van der Waals surface area contributed by atoms with E-state index >= 15 is 0 Å². The Morgan fingerprint density at radius 3 is 2.29 bits per heavy atom. The molecule has 0 saturated heterocycles. The predicted octanol–water partition coefficient (Wildman–Crippen LogP) is 2.69.